The third-order valence-corrected chi connectivity index (χ3v) is 5.91. The first-order valence-corrected chi connectivity index (χ1v) is 10.5. The molecule has 148 valence electrons. The molecule has 2 aromatic carbocycles. The van der Waals surface area contributed by atoms with Gasteiger partial charge >= 0.3 is 0 Å². The van der Waals surface area contributed by atoms with Crippen molar-refractivity contribution in [3.8, 4) is 5.75 Å². The number of nitrogens with one attached hydrogen (secondary N) is 1. The van der Waals surface area contributed by atoms with E-state index in [4.69, 9.17) is 16.3 Å². The number of hydrogen-bond acceptors (Lipinski definition) is 5. The minimum atomic E-state index is -3.87. The number of halogens is 1. The maximum absolute atomic E-state index is 12.7. The number of benzene rings is 2. The normalized spacial score (nSPS) is 14.9. The van der Waals surface area contributed by atoms with E-state index in [0.29, 0.717) is 34.5 Å². The molecule has 0 bridgehead atoms. The van der Waals surface area contributed by atoms with Gasteiger partial charge in [-0.25, -0.2) is 0 Å². The minimum Gasteiger partial charge on any atom is -0.495 e. The first kappa shape index (κ1) is 20.2. The van der Waals surface area contributed by atoms with Crippen molar-refractivity contribution in [1.29, 1.82) is 0 Å². The van der Waals surface area contributed by atoms with Crippen molar-refractivity contribution < 1.29 is 17.9 Å². The molecule has 0 saturated carbocycles. The molecule has 2 aromatic rings. The molecule has 28 heavy (non-hydrogen) atoms. The van der Waals surface area contributed by atoms with Crippen LogP contribution < -0.4 is 15.0 Å². The Morgan fingerprint density at radius 2 is 2.00 bits per heavy atom. The Labute approximate surface area is 169 Å². The predicted octanol–water partition coefficient (Wildman–Crippen LogP) is 3.94. The van der Waals surface area contributed by atoms with Gasteiger partial charge in [-0.15, -0.1) is 4.40 Å². The fourth-order valence-electron chi connectivity index (χ4n) is 3.01. The van der Waals surface area contributed by atoms with Crippen molar-refractivity contribution in [3.63, 3.8) is 0 Å². The van der Waals surface area contributed by atoms with E-state index in [1.54, 1.807) is 37.3 Å². The standard InChI is InChI=1S/C19H20ClN3O4S/c1-4-9-23-12(2)22-28(25,26)18-10-13(5-7-16(18)23)19(24)21-15-11-14(20)6-8-17(15)27-3/h5-8,10-11H,4,9H2,1-3H3,(H,21,24). The van der Waals surface area contributed by atoms with Crippen molar-refractivity contribution in [3.05, 3.63) is 47.0 Å². The highest BCUT2D eigenvalue weighted by Crippen LogP contribution is 2.33. The van der Waals surface area contributed by atoms with Crippen LogP contribution in [0.4, 0.5) is 11.4 Å². The van der Waals surface area contributed by atoms with E-state index < -0.39 is 15.9 Å². The van der Waals surface area contributed by atoms with Gasteiger partial charge in [0.2, 0.25) is 0 Å². The van der Waals surface area contributed by atoms with Crippen LogP contribution in [0.5, 0.6) is 5.75 Å². The molecule has 0 aromatic heterocycles. The Morgan fingerprint density at radius 3 is 2.68 bits per heavy atom. The molecule has 1 N–H and O–H groups in total. The number of nitrogens with zero attached hydrogens (tertiary/aromatic N) is 2. The number of carbonyl (C=O) groups is 1. The quantitative estimate of drug-likeness (QED) is 0.789. The Kier molecular flexibility index (Phi) is 5.62. The summed E-state index contributed by atoms with van der Waals surface area (Å²) in [5.74, 6) is 0.375. The highest BCUT2D eigenvalue weighted by molar-refractivity contribution is 7.90. The number of carbonyl (C=O) groups excluding carboxylic acids is 1. The molecule has 0 aliphatic carbocycles. The van der Waals surface area contributed by atoms with Gasteiger partial charge in [-0.2, -0.15) is 8.42 Å². The number of fused-ring (bicyclic) bond motifs is 1. The number of amides is 1. The molecular formula is C19H20ClN3O4S. The van der Waals surface area contributed by atoms with Gasteiger partial charge in [0, 0.05) is 17.1 Å². The molecular weight excluding hydrogens is 402 g/mol. The van der Waals surface area contributed by atoms with Crippen LogP contribution in [0.1, 0.15) is 30.6 Å². The fraction of sp³-hybridized carbons (Fsp3) is 0.263. The molecule has 7 nitrogen and oxygen atoms in total. The highest BCUT2D eigenvalue weighted by atomic mass is 35.5. The smallest absolute Gasteiger partial charge is 0.286 e. The third kappa shape index (κ3) is 3.83. The Morgan fingerprint density at radius 1 is 1.25 bits per heavy atom. The van der Waals surface area contributed by atoms with Crippen LogP contribution in [0.25, 0.3) is 0 Å². The second-order valence-corrected chi connectivity index (χ2v) is 8.26. The molecule has 1 amide bonds. The molecule has 0 fully saturated rings. The van der Waals surface area contributed by atoms with Crippen LogP contribution in [0.3, 0.4) is 0 Å². The first-order valence-electron chi connectivity index (χ1n) is 8.65. The average Bonchev–Trinajstić information content (AvgIpc) is 2.64. The summed E-state index contributed by atoms with van der Waals surface area (Å²) in [4.78, 5) is 14.6. The topological polar surface area (TPSA) is 88.1 Å². The van der Waals surface area contributed by atoms with Gasteiger partial charge in [0.05, 0.1) is 18.5 Å². The maximum Gasteiger partial charge on any atom is 0.286 e. The summed E-state index contributed by atoms with van der Waals surface area (Å²) >= 11 is 5.99. The molecule has 3 rings (SSSR count). The molecule has 0 saturated heterocycles. The number of rotatable bonds is 5. The fourth-order valence-corrected chi connectivity index (χ4v) is 4.45. The average molecular weight is 422 g/mol. The SMILES string of the molecule is CCCN1C(C)=NS(=O)(=O)c2cc(C(=O)Nc3cc(Cl)ccc3OC)ccc21. The number of ether oxygens (including phenoxy) is 1. The predicted molar refractivity (Wildman–Crippen MR) is 110 cm³/mol. The Hall–Kier alpha value is -2.58. The van der Waals surface area contributed by atoms with Gasteiger partial charge in [-0.3, -0.25) is 4.79 Å². The second kappa shape index (κ2) is 7.81. The summed E-state index contributed by atoms with van der Waals surface area (Å²) in [5.41, 5.74) is 1.10. The van der Waals surface area contributed by atoms with E-state index in [-0.39, 0.29) is 10.5 Å². The first-order chi connectivity index (χ1) is 13.3. The zero-order valence-electron chi connectivity index (χ0n) is 15.7. The van der Waals surface area contributed by atoms with E-state index in [1.807, 2.05) is 11.8 Å². The van der Waals surface area contributed by atoms with Gasteiger partial charge in [-0.05, 0) is 49.7 Å². The van der Waals surface area contributed by atoms with Crippen LogP contribution in [-0.4, -0.2) is 33.8 Å². The molecule has 0 atom stereocenters. The van der Waals surface area contributed by atoms with Crippen LogP contribution in [0, 0.1) is 0 Å². The second-order valence-electron chi connectivity index (χ2n) is 6.25. The van der Waals surface area contributed by atoms with Gasteiger partial charge in [0.1, 0.15) is 16.5 Å². The van der Waals surface area contributed by atoms with Crippen LogP contribution in [-0.2, 0) is 10.0 Å². The van der Waals surface area contributed by atoms with Gasteiger partial charge < -0.3 is 15.0 Å². The number of hydrogen-bond donors (Lipinski definition) is 1. The van der Waals surface area contributed by atoms with E-state index >= 15 is 0 Å². The Balaban J connectivity index is 1.98. The zero-order valence-corrected chi connectivity index (χ0v) is 17.3. The number of sulfonamides is 1. The van der Waals surface area contributed by atoms with E-state index in [1.165, 1.54) is 13.2 Å². The lowest BCUT2D eigenvalue weighted by Gasteiger charge is -2.29. The maximum atomic E-state index is 12.7. The van der Waals surface area contributed by atoms with Crippen molar-refractivity contribution in [1.82, 2.24) is 0 Å². The molecule has 9 heteroatoms. The van der Waals surface area contributed by atoms with Crippen molar-refractivity contribution in [2.24, 2.45) is 4.40 Å². The monoisotopic (exact) mass is 421 g/mol. The lowest BCUT2D eigenvalue weighted by Crippen LogP contribution is -2.34. The zero-order chi connectivity index (χ0) is 20.5. The molecule has 1 heterocycles. The van der Waals surface area contributed by atoms with Gasteiger partial charge in [-0.1, -0.05) is 18.5 Å². The summed E-state index contributed by atoms with van der Waals surface area (Å²) < 4.78 is 34.1. The molecule has 0 spiro atoms. The molecule has 1 aliphatic heterocycles. The van der Waals surface area contributed by atoms with Crippen molar-refractivity contribution in [2.45, 2.75) is 25.2 Å². The number of anilines is 2. The van der Waals surface area contributed by atoms with Gasteiger partial charge in [0.25, 0.3) is 15.9 Å². The Bertz CT molecular complexity index is 1070. The number of methoxy groups -OCH3 is 1. The number of amidine groups is 1. The van der Waals surface area contributed by atoms with Gasteiger partial charge in [0.15, 0.2) is 0 Å². The molecule has 0 radical (unpaired) electrons. The largest absolute Gasteiger partial charge is 0.495 e. The summed E-state index contributed by atoms with van der Waals surface area (Å²) in [7, 11) is -2.39. The summed E-state index contributed by atoms with van der Waals surface area (Å²) in [5, 5.41) is 3.14. The molecule has 0 unspecified atom stereocenters. The van der Waals surface area contributed by atoms with Crippen LogP contribution in [0.2, 0.25) is 5.02 Å². The van der Waals surface area contributed by atoms with Crippen molar-refractivity contribution in [2.75, 3.05) is 23.9 Å². The third-order valence-electron chi connectivity index (χ3n) is 4.29. The van der Waals surface area contributed by atoms with E-state index in [9.17, 15) is 13.2 Å². The summed E-state index contributed by atoms with van der Waals surface area (Å²) in [6, 6.07) is 9.39. The van der Waals surface area contributed by atoms with E-state index in [0.717, 1.165) is 6.42 Å². The highest BCUT2D eigenvalue weighted by Gasteiger charge is 2.29. The molecule has 1 aliphatic rings. The van der Waals surface area contributed by atoms with Crippen molar-refractivity contribution >= 4 is 44.7 Å². The summed E-state index contributed by atoms with van der Waals surface area (Å²) in [6.07, 6.45) is 0.823. The lowest BCUT2D eigenvalue weighted by molar-refractivity contribution is 0.102. The summed E-state index contributed by atoms with van der Waals surface area (Å²) in [6.45, 7) is 4.28. The van der Waals surface area contributed by atoms with E-state index in [2.05, 4.69) is 9.71 Å². The minimum absolute atomic E-state index is 0.0114. The lowest BCUT2D eigenvalue weighted by atomic mass is 10.1. The van der Waals surface area contributed by atoms with Crippen LogP contribution >= 0.6 is 11.6 Å². The van der Waals surface area contributed by atoms with Crippen LogP contribution in [0.15, 0.2) is 45.7 Å².